The average Bonchev–Trinajstić information content (AvgIpc) is 2.50. The van der Waals surface area contributed by atoms with Crippen LogP contribution >= 0.6 is 0 Å². The van der Waals surface area contributed by atoms with Crippen LogP contribution in [0, 0.1) is 0 Å². The average molecular weight is 298 g/mol. The van der Waals surface area contributed by atoms with Gasteiger partial charge in [0, 0.05) is 5.54 Å². The lowest BCUT2D eigenvalue weighted by Gasteiger charge is -2.46. The van der Waals surface area contributed by atoms with Gasteiger partial charge >= 0.3 is 0 Å². The first-order valence-corrected chi connectivity index (χ1v) is 9.49. The molecule has 0 bridgehead atoms. The van der Waals surface area contributed by atoms with Crippen LogP contribution in [0.3, 0.4) is 0 Å². The number of aliphatic hydroxyl groups is 1. The number of nitrogens with zero attached hydrogens (tertiary/aromatic N) is 1. The van der Waals surface area contributed by atoms with E-state index < -0.39 is 0 Å². The van der Waals surface area contributed by atoms with Crippen molar-refractivity contribution in [1.82, 2.24) is 4.90 Å². The zero-order chi connectivity index (χ0) is 15.6. The topological polar surface area (TPSA) is 23.5 Å². The molecule has 1 aliphatic rings. The first-order chi connectivity index (χ1) is 10.1. The van der Waals surface area contributed by atoms with Gasteiger partial charge in [-0.05, 0) is 33.4 Å². The molecule has 1 atom stereocenters. The van der Waals surface area contributed by atoms with Crippen LogP contribution < -0.4 is 0 Å². The number of likely N-dealkylation sites (N-methyl/N-ethyl adjacent to an activating group) is 1. The molecule has 0 radical (unpaired) electrons. The molecule has 0 aromatic heterocycles. The van der Waals surface area contributed by atoms with Crippen LogP contribution in [-0.4, -0.2) is 35.7 Å². The summed E-state index contributed by atoms with van der Waals surface area (Å²) >= 11 is 0. The molecular formula is C19H39NO. The van der Waals surface area contributed by atoms with Crippen molar-refractivity contribution >= 4 is 0 Å². The zero-order valence-corrected chi connectivity index (χ0v) is 14.9. The Labute approximate surface area is 133 Å². The quantitative estimate of drug-likeness (QED) is 0.534. The zero-order valence-electron chi connectivity index (χ0n) is 14.9. The van der Waals surface area contributed by atoms with E-state index in [1.165, 1.54) is 83.5 Å². The van der Waals surface area contributed by atoms with Gasteiger partial charge in [-0.25, -0.2) is 0 Å². The maximum absolute atomic E-state index is 10.7. The lowest BCUT2D eigenvalue weighted by molar-refractivity contribution is -0.0366. The third kappa shape index (κ3) is 6.28. The highest BCUT2D eigenvalue weighted by Gasteiger charge is 2.40. The van der Waals surface area contributed by atoms with Crippen molar-refractivity contribution in [2.45, 2.75) is 108 Å². The maximum atomic E-state index is 10.7. The molecule has 1 fully saturated rings. The first kappa shape index (κ1) is 19.0. The highest BCUT2D eigenvalue weighted by molar-refractivity contribution is 4.96. The lowest BCUT2D eigenvalue weighted by Crippen LogP contribution is -2.54. The number of aliphatic hydroxyl groups excluding tert-OH is 1. The third-order valence-corrected chi connectivity index (χ3v) is 5.56. The molecule has 2 nitrogen and oxygen atoms in total. The van der Waals surface area contributed by atoms with Crippen molar-refractivity contribution in [3.05, 3.63) is 0 Å². The highest BCUT2D eigenvalue weighted by Crippen LogP contribution is 2.36. The summed E-state index contributed by atoms with van der Waals surface area (Å²) in [5.74, 6) is 0. The minimum Gasteiger partial charge on any atom is -0.391 e. The molecule has 0 spiro atoms. The summed E-state index contributed by atoms with van der Waals surface area (Å²) < 4.78 is 0. The molecule has 1 aliphatic carbocycles. The van der Waals surface area contributed by atoms with Crippen LogP contribution in [0.5, 0.6) is 0 Å². The van der Waals surface area contributed by atoms with Crippen LogP contribution in [0.2, 0.25) is 0 Å². The predicted octanol–water partition coefficient (Wildman–Crippen LogP) is 5.14. The minimum atomic E-state index is -0.132. The Bertz CT molecular complexity index is 246. The molecule has 1 unspecified atom stereocenters. The van der Waals surface area contributed by atoms with Gasteiger partial charge in [0.25, 0.3) is 0 Å². The van der Waals surface area contributed by atoms with E-state index in [1.54, 1.807) is 0 Å². The van der Waals surface area contributed by atoms with Crippen molar-refractivity contribution in [3.8, 4) is 0 Å². The second-order valence-electron chi connectivity index (χ2n) is 7.34. The van der Waals surface area contributed by atoms with Crippen molar-refractivity contribution in [1.29, 1.82) is 0 Å². The molecule has 0 aliphatic heterocycles. The van der Waals surface area contributed by atoms with Gasteiger partial charge in [-0.15, -0.1) is 0 Å². The fourth-order valence-corrected chi connectivity index (χ4v) is 3.98. The summed E-state index contributed by atoms with van der Waals surface area (Å²) in [5, 5.41) is 10.7. The summed E-state index contributed by atoms with van der Waals surface area (Å²) in [6.45, 7) is 2.27. The summed E-state index contributed by atoms with van der Waals surface area (Å²) in [4.78, 5) is 2.31. The number of hydrogen-bond donors (Lipinski definition) is 1. The number of rotatable bonds is 11. The van der Waals surface area contributed by atoms with Gasteiger partial charge in [0.2, 0.25) is 0 Å². The molecule has 0 aromatic rings. The molecule has 0 saturated heterocycles. The van der Waals surface area contributed by atoms with E-state index in [-0.39, 0.29) is 11.6 Å². The second kappa shape index (κ2) is 10.6. The van der Waals surface area contributed by atoms with Crippen LogP contribution in [0.4, 0.5) is 0 Å². The van der Waals surface area contributed by atoms with Crippen LogP contribution in [-0.2, 0) is 0 Å². The largest absolute Gasteiger partial charge is 0.391 e. The van der Waals surface area contributed by atoms with Gasteiger partial charge in [0.15, 0.2) is 0 Å². The molecule has 1 saturated carbocycles. The van der Waals surface area contributed by atoms with Gasteiger partial charge in [-0.2, -0.15) is 0 Å². The Kier molecular flexibility index (Phi) is 9.59. The summed E-state index contributed by atoms with van der Waals surface area (Å²) in [6.07, 6.45) is 17.9. The Morgan fingerprint density at radius 3 is 1.90 bits per heavy atom. The van der Waals surface area contributed by atoms with Gasteiger partial charge in [-0.1, -0.05) is 77.6 Å². The third-order valence-electron chi connectivity index (χ3n) is 5.56. The fraction of sp³-hybridized carbons (Fsp3) is 1.00. The van der Waals surface area contributed by atoms with E-state index in [4.69, 9.17) is 0 Å². The summed E-state index contributed by atoms with van der Waals surface area (Å²) in [5.41, 5.74) is 0.0688. The molecule has 0 amide bonds. The minimum absolute atomic E-state index is 0.0688. The summed E-state index contributed by atoms with van der Waals surface area (Å²) in [7, 11) is 4.31. The smallest absolute Gasteiger partial charge is 0.0723 e. The molecule has 1 N–H and O–H groups in total. The summed E-state index contributed by atoms with van der Waals surface area (Å²) in [6, 6.07) is 0. The first-order valence-electron chi connectivity index (χ1n) is 9.49. The van der Waals surface area contributed by atoms with Crippen molar-refractivity contribution in [3.63, 3.8) is 0 Å². The molecule has 21 heavy (non-hydrogen) atoms. The maximum Gasteiger partial charge on any atom is 0.0723 e. The van der Waals surface area contributed by atoms with E-state index in [0.717, 1.165) is 6.42 Å². The number of hydrogen-bond acceptors (Lipinski definition) is 2. The molecule has 126 valence electrons. The van der Waals surface area contributed by atoms with Crippen molar-refractivity contribution < 1.29 is 5.11 Å². The highest BCUT2D eigenvalue weighted by atomic mass is 16.3. The van der Waals surface area contributed by atoms with Crippen LogP contribution in [0.15, 0.2) is 0 Å². The van der Waals surface area contributed by atoms with E-state index in [9.17, 15) is 5.11 Å². The van der Waals surface area contributed by atoms with Crippen LogP contribution in [0.1, 0.15) is 96.8 Å². The Morgan fingerprint density at radius 2 is 1.38 bits per heavy atom. The van der Waals surface area contributed by atoms with E-state index >= 15 is 0 Å². The van der Waals surface area contributed by atoms with Crippen molar-refractivity contribution in [2.75, 3.05) is 14.1 Å². The lowest BCUT2D eigenvalue weighted by atomic mass is 9.75. The molecule has 1 rings (SSSR count). The van der Waals surface area contributed by atoms with E-state index in [1.807, 2.05) is 0 Å². The molecule has 0 aromatic carbocycles. The van der Waals surface area contributed by atoms with Gasteiger partial charge in [0.1, 0.15) is 0 Å². The second-order valence-corrected chi connectivity index (χ2v) is 7.34. The number of unbranched alkanes of at least 4 members (excludes halogenated alkanes) is 7. The fourth-order valence-electron chi connectivity index (χ4n) is 3.98. The van der Waals surface area contributed by atoms with Gasteiger partial charge in [0.05, 0.1) is 6.10 Å². The van der Waals surface area contributed by atoms with Gasteiger partial charge < -0.3 is 10.0 Å². The van der Waals surface area contributed by atoms with Gasteiger partial charge in [-0.3, -0.25) is 0 Å². The predicted molar refractivity (Wildman–Crippen MR) is 92.7 cm³/mol. The van der Waals surface area contributed by atoms with Crippen LogP contribution in [0.25, 0.3) is 0 Å². The monoisotopic (exact) mass is 297 g/mol. The molecule has 2 heteroatoms. The van der Waals surface area contributed by atoms with E-state index in [2.05, 4.69) is 25.9 Å². The van der Waals surface area contributed by atoms with E-state index in [0.29, 0.717) is 0 Å². The molecular weight excluding hydrogens is 258 g/mol. The standard InChI is InChI=1S/C19H39NO/c1-4-5-6-7-8-9-10-12-15-18(21)19(20(2)3)16-13-11-14-17-19/h18,21H,4-17H2,1-3H3. The normalized spacial score (nSPS) is 19.9. The Morgan fingerprint density at radius 1 is 0.857 bits per heavy atom. The Hall–Kier alpha value is -0.0800. The van der Waals surface area contributed by atoms with Crippen molar-refractivity contribution in [2.24, 2.45) is 0 Å². The molecule has 0 heterocycles. The SMILES string of the molecule is CCCCCCCCCCC(O)C1(N(C)C)CCCCC1. The Balaban J connectivity index is 2.17.